The summed E-state index contributed by atoms with van der Waals surface area (Å²) in [6.07, 6.45) is 2.18. The summed E-state index contributed by atoms with van der Waals surface area (Å²) in [5, 5.41) is 0. The van der Waals surface area contributed by atoms with Crippen molar-refractivity contribution in [3.05, 3.63) is 0 Å². The molecule has 3 nitrogen and oxygen atoms in total. The normalized spacial score (nSPS) is 34.7. The van der Waals surface area contributed by atoms with Crippen LogP contribution in [-0.4, -0.2) is 34.0 Å². The van der Waals surface area contributed by atoms with Gasteiger partial charge in [0.05, 0.1) is 6.04 Å². The molecule has 0 bridgehead atoms. The predicted octanol–water partition coefficient (Wildman–Crippen LogP) is 2.78. The molecule has 1 saturated heterocycles. The number of fused-ring (bicyclic) bond motifs is 1. The molecule has 1 saturated carbocycles. The van der Waals surface area contributed by atoms with Gasteiger partial charge in [0.15, 0.2) is 0 Å². The van der Waals surface area contributed by atoms with Gasteiger partial charge in [0.1, 0.15) is 5.60 Å². The van der Waals surface area contributed by atoms with Crippen molar-refractivity contribution in [2.24, 2.45) is 5.92 Å². The average molecular weight is 276 g/mol. The Balaban J connectivity index is 1.96. The fraction of sp³-hybridized carbons (Fsp3) is 0.909. The number of ether oxygens (including phenoxy) is 1. The van der Waals surface area contributed by atoms with E-state index >= 15 is 0 Å². The molecule has 3 unspecified atom stereocenters. The standard InChI is InChI=1S/C11H18BrNO2/c1-11(2,3)15-10(14)13-6-4-5-7-8(12)9(7)13/h7-9H,4-6H2,1-3H3. The van der Waals surface area contributed by atoms with Crippen molar-refractivity contribution >= 4 is 22.0 Å². The smallest absolute Gasteiger partial charge is 0.410 e. The first-order valence-electron chi connectivity index (χ1n) is 5.54. The maximum atomic E-state index is 11.9. The van der Waals surface area contributed by atoms with Gasteiger partial charge in [0.2, 0.25) is 0 Å². The average Bonchev–Trinajstić information content (AvgIpc) is 2.75. The van der Waals surface area contributed by atoms with E-state index in [4.69, 9.17) is 4.74 Å². The van der Waals surface area contributed by atoms with E-state index in [1.165, 1.54) is 6.42 Å². The molecular formula is C11H18BrNO2. The van der Waals surface area contributed by atoms with Gasteiger partial charge in [-0.25, -0.2) is 4.79 Å². The zero-order valence-electron chi connectivity index (χ0n) is 9.50. The molecular weight excluding hydrogens is 258 g/mol. The highest BCUT2D eigenvalue weighted by molar-refractivity contribution is 9.09. The zero-order chi connectivity index (χ0) is 11.2. The monoisotopic (exact) mass is 275 g/mol. The number of carbonyl (C=O) groups excluding carboxylic acids is 1. The van der Waals surface area contributed by atoms with E-state index in [-0.39, 0.29) is 11.7 Å². The molecule has 1 heterocycles. The van der Waals surface area contributed by atoms with Crippen molar-refractivity contribution in [1.29, 1.82) is 0 Å². The summed E-state index contributed by atoms with van der Waals surface area (Å²) in [4.78, 5) is 14.3. The highest BCUT2D eigenvalue weighted by Gasteiger charge is 2.55. The molecule has 0 aromatic rings. The van der Waals surface area contributed by atoms with Crippen LogP contribution >= 0.6 is 15.9 Å². The molecule has 2 fully saturated rings. The van der Waals surface area contributed by atoms with E-state index in [9.17, 15) is 4.79 Å². The van der Waals surface area contributed by atoms with Crippen molar-refractivity contribution in [2.75, 3.05) is 6.54 Å². The second-order valence-electron chi connectivity index (χ2n) is 5.41. The van der Waals surface area contributed by atoms with Crippen LogP contribution in [0.4, 0.5) is 4.79 Å². The maximum absolute atomic E-state index is 11.9. The van der Waals surface area contributed by atoms with Crippen LogP contribution < -0.4 is 0 Å². The number of hydrogen-bond donors (Lipinski definition) is 0. The number of rotatable bonds is 0. The van der Waals surface area contributed by atoms with Gasteiger partial charge in [-0.1, -0.05) is 15.9 Å². The molecule has 0 radical (unpaired) electrons. The maximum Gasteiger partial charge on any atom is 0.410 e. The molecule has 4 heteroatoms. The van der Waals surface area contributed by atoms with Crippen LogP contribution in [0.5, 0.6) is 0 Å². The number of likely N-dealkylation sites (tertiary alicyclic amines) is 1. The summed E-state index contributed by atoms with van der Waals surface area (Å²) in [7, 11) is 0. The van der Waals surface area contributed by atoms with Gasteiger partial charge < -0.3 is 9.64 Å². The van der Waals surface area contributed by atoms with Gasteiger partial charge in [-0.3, -0.25) is 0 Å². The van der Waals surface area contributed by atoms with Crippen molar-refractivity contribution < 1.29 is 9.53 Å². The zero-order valence-corrected chi connectivity index (χ0v) is 11.1. The van der Waals surface area contributed by atoms with E-state index in [0.717, 1.165) is 13.0 Å². The third-order valence-corrected chi connectivity index (χ3v) is 4.18. The van der Waals surface area contributed by atoms with E-state index in [0.29, 0.717) is 16.8 Å². The van der Waals surface area contributed by atoms with Gasteiger partial charge in [-0.15, -0.1) is 0 Å². The van der Waals surface area contributed by atoms with Crippen LogP contribution in [0.3, 0.4) is 0 Å². The quantitative estimate of drug-likeness (QED) is 0.637. The minimum absolute atomic E-state index is 0.154. The van der Waals surface area contributed by atoms with Gasteiger partial charge in [0, 0.05) is 11.4 Å². The van der Waals surface area contributed by atoms with Crippen molar-refractivity contribution in [1.82, 2.24) is 4.90 Å². The first kappa shape index (κ1) is 11.2. The lowest BCUT2D eigenvalue weighted by Crippen LogP contribution is -2.41. The number of nitrogens with zero attached hydrogens (tertiary/aromatic N) is 1. The van der Waals surface area contributed by atoms with Gasteiger partial charge >= 0.3 is 6.09 Å². The number of amides is 1. The molecule has 1 aliphatic heterocycles. The summed E-state index contributed by atoms with van der Waals surface area (Å²) >= 11 is 3.61. The molecule has 0 aromatic carbocycles. The Morgan fingerprint density at radius 2 is 2.13 bits per heavy atom. The summed E-state index contributed by atoms with van der Waals surface area (Å²) in [5.74, 6) is 0.659. The number of piperidine rings is 1. The Morgan fingerprint density at radius 3 is 2.73 bits per heavy atom. The minimum atomic E-state index is -0.388. The third kappa shape index (κ3) is 2.30. The lowest BCUT2D eigenvalue weighted by Gasteiger charge is -2.29. The molecule has 0 N–H and O–H groups in total. The topological polar surface area (TPSA) is 29.5 Å². The molecule has 0 aromatic heterocycles. The molecule has 86 valence electrons. The highest BCUT2D eigenvalue weighted by atomic mass is 79.9. The first-order valence-corrected chi connectivity index (χ1v) is 6.45. The van der Waals surface area contributed by atoms with Crippen LogP contribution in [0, 0.1) is 5.92 Å². The number of carbonyl (C=O) groups is 1. The molecule has 0 spiro atoms. The van der Waals surface area contributed by atoms with Gasteiger partial charge in [0.25, 0.3) is 0 Å². The van der Waals surface area contributed by atoms with E-state index < -0.39 is 0 Å². The summed E-state index contributed by atoms with van der Waals surface area (Å²) in [6.45, 7) is 6.57. The molecule has 3 atom stereocenters. The first-order chi connectivity index (χ1) is 6.90. The van der Waals surface area contributed by atoms with Crippen molar-refractivity contribution in [3.8, 4) is 0 Å². The third-order valence-electron chi connectivity index (χ3n) is 2.96. The number of halogens is 1. The fourth-order valence-corrected chi connectivity index (χ4v) is 3.31. The molecule has 1 amide bonds. The minimum Gasteiger partial charge on any atom is -0.444 e. The van der Waals surface area contributed by atoms with Crippen LogP contribution in [-0.2, 0) is 4.74 Å². The van der Waals surface area contributed by atoms with Crippen LogP contribution in [0.1, 0.15) is 33.6 Å². The second-order valence-corrected chi connectivity index (χ2v) is 6.47. The Kier molecular flexibility index (Phi) is 2.73. The number of hydrogen-bond acceptors (Lipinski definition) is 2. The summed E-state index contributed by atoms with van der Waals surface area (Å²) in [6, 6.07) is 0.383. The van der Waals surface area contributed by atoms with E-state index in [2.05, 4.69) is 15.9 Å². The van der Waals surface area contributed by atoms with Gasteiger partial charge in [-0.05, 0) is 39.5 Å². The van der Waals surface area contributed by atoms with Crippen molar-refractivity contribution in [2.45, 2.75) is 50.1 Å². The lowest BCUT2D eigenvalue weighted by molar-refractivity contribution is 0.0195. The lowest BCUT2D eigenvalue weighted by atomic mass is 10.1. The SMILES string of the molecule is CC(C)(C)OC(=O)N1CCCC2C(Br)C21. The summed E-state index contributed by atoms with van der Waals surface area (Å²) in [5.41, 5.74) is -0.388. The van der Waals surface area contributed by atoms with Crippen LogP contribution in [0.2, 0.25) is 0 Å². The van der Waals surface area contributed by atoms with Crippen LogP contribution in [0.15, 0.2) is 0 Å². The van der Waals surface area contributed by atoms with Gasteiger partial charge in [-0.2, -0.15) is 0 Å². The van der Waals surface area contributed by atoms with Crippen molar-refractivity contribution in [3.63, 3.8) is 0 Å². The highest BCUT2D eigenvalue weighted by Crippen LogP contribution is 2.48. The Labute approximate surface area is 99.3 Å². The fourth-order valence-electron chi connectivity index (χ4n) is 2.23. The number of alkyl halides is 1. The molecule has 2 rings (SSSR count). The second kappa shape index (κ2) is 3.65. The Bertz CT molecular complexity index is 274. The molecule has 15 heavy (non-hydrogen) atoms. The van der Waals surface area contributed by atoms with Crippen LogP contribution in [0.25, 0.3) is 0 Å². The Hall–Kier alpha value is -0.250. The predicted molar refractivity (Wildman–Crippen MR) is 62.2 cm³/mol. The van der Waals surface area contributed by atoms with E-state index in [1.807, 2.05) is 25.7 Å². The van der Waals surface area contributed by atoms with E-state index in [1.54, 1.807) is 0 Å². The molecule has 2 aliphatic rings. The molecule has 1 aliphatic carbocycles. The largest absolute Gasteiger partial charge is 0.444 e. The summed E-state index contributed by atoms with van der Waals surface area (Å²) < 4.78 is 5.39. The Morgan fingerprint density at radius 1 is 1.47 bits per heavy atom.